The molecule has 4 rings (SSSR count). The first-order valence-electron chi connectivity index (χ1n) is 9.15. The zero-order valence-corrected chi connectivity index (χ0v) is 15.0. The van der Waals surface area contributed by atoms with Gasteiger partial charge >= 0.3 is 0 Å². The van der Waals surface area contributed by atoms with Crippen LogP contribution < -0.4 is 4.74 Å². The molecule has 0 radical (unpaired) electrons. The number of carbonyl (C=O) groups excluding carboxylic acids is 1. The Balaban J connectivity index is 1.36. The van der Waals surface area contributed by atoms with Gasteiger partial charge in [-0.3, -0.25) is 14.7 Å². The van der Waals surface area contributed by atoms with E-state index in [1.165, 1.54) is 18.4 Å². The maximum absolute atomic E-state index is 12.6. The number of nitrogens with zero attached hydrogens (tertiary/aromatic N) is 4. The van der Waals surface area contributed by atoms with Crippen LogP contribution in [0.4, 0.5) is 0 Å². The molecule has 2 aromatic heterocycles. The van der Waals surface area contributed by atoms with Crippen LogP contribution >= 0.6 is 0 Å². The van der Waals surface area contributed by atoms with E-state index in [1.807, 2.05) is 17.3 Å². The molecule has 6 heteroatoms. The van der Waals surface area contributed by atoms with Gasteiger partial charge in [-0.15, -0.1) is 0 Å². The minimum atomic E-state index is 0.0479. The molecular formula is C20H24N4O2. The molecule has 0 N–H and O–H groups in total. The second-order valence-corrected chi connectivity index (χ2v) is 7.18. The normalized spacial score (nSPS) is 17.2. The number of amides is 1. The Morgan fingerprint density at radius 3 is 2.62 bits per heavy atom. The molecule has 1 aliphatic heterocycles. The van der Waals surface area contributed by atoms with Crippen molar-refractivity contribution in [1.82, 2.24) is 19.8 Å². The van der Waals surface area contributed by atoms with E-state index in [-0.39, 0.29) is 5.91 Å². The van der Waals surface area contributed by atoms with Gasteiger partial charge in [0, 0.05) is 56.9 Å². The molecule has 0 spiro atoms. The molecule has 0 atom stereocenters. The quantitative estimate of drug-likeness (QED) is 0.765. The van der Waals surface area contributed by atoms with E-state index in [9.17, 15) is 4.79 Å². The fourth-order valence-corrected chi connectivity index (χ4v) is 3.36. The number of ether oxygens (including phenoxy) is 1. The van der Waals surface area contributed by atoms with Gasteiger partial charge in [-0.1, -0.05) is 0 Å². The highest BCUT2D eigenvalue weighted by Gasteiger charge is 2.37. The summed E-state index contributed by atoms with van der Waals surface area (Å²) in [6, 6.07) is 8.09. The van der Waals surface area contributed by atoms with Crippen molar-refractivity contribution in [3.8, 4) is 5.88 Å². The van der Waals surface area contributed by atoms with Crippen LogP contribution in [0.5, 0.6) is 5.88 Å². The predicted octanol–water partition coefficient (Wildman–Crippen LogP) is 2.22. The molecule has 6 nitrogen and oxygen atoms in total. The first kappa shape index (κ1) is 17.0. The van der Waals surface area contributed by atoms with Gasteiger partial charge in [-0.05, 0) is 42.5 Å². The summed E-state index contributed by atoms with van der Waals surface area (Å²) in [7, 11) is 1.57. The third kappa shape index (κ3) is 3.85. The lowest BCUT2D eigenvalue weighted by Crippen LogP contribution is -2.61. The lowest BCUT2D eigenvalue weighted by Gasteiger charge is -2.45. The number of hydrogen-bond acceptors (Lipinski definition) is 5. The lowest BCUT2D eigenvalue weighted by molar-refractivity contribution is 0.0219. The van der Waals surface area contributed by atoms with E-state index in [2.05, 4.69) is 27.0 Å². The van der Waals surface area contributed by atoms with Gasteiger partial charge in [0.1, 0.15) is 0 Å². The summed E-state index contributed by atoms with van der Waals surface area (Å²) in [5.74, 6) is 1.40. The zero-order chi connectivity index (χ0) is 17.9. The van der Waals surface area contributed by atoms with Gasteiger partial charge in [-0.25, -0.2) is 4.98 Å². The molecule has 2 aliphatic rings. The van der Waals surface area contributed by atoms with Crippen LogP contribution in [0.3, 0.4) is 0 Å². The Labute approximate surface area is 153 Å². The Bertz CT molecular complexity index is 740. The number of pyridine rings is 2. The fourth-order valence-electron chi connectivity index (χ4n) is 3.36. The van der Waals surface area contributed by atoms with Gasteiger partial charge in [0.15, 0.2) is 0 Å². The maximum atomic E-state index is 12.6. The molecule has 26 heavy (non-hydrogen) atoms. The molecule has 2 fully saturated rings. The van der Waals surface area contributed by atoms with Crippen LogP contribution in [0.2, 0.25) is 0 Å². The molecule has 0 bridgehead atoms. The summed E-state index contributed by atoms with van der Waals surface area (Å²) < 4.78 is 5.05. The summed E-state index contributed by atoms with van der Waals surface area (Å²) in [5, 5.41) is 0. The minimum Gasteiger partial charge on any atom is -0.481 e. The Morgan fingerprint density at radius 1 is 1.23 bits per heavy atom. The Kier molecular flexibility index (Phi) is 4.84. The van der Waals surface area contributed by atoms with Crippen LogP contribution in [-0.4, -0.2) is 58.5 Å². The largest absolute Gasteiger partial charge is 0.481 e. The molecule has 1 aliphatic carbocycles. The number of likely N-dealkylation sites (tertiary alicyclic amines) is 1. The van der Waals surface area contributed by atoms with Crippen molar-refractivity contribution in [2.45, 2.75) is 25.4 Å². The van der Waals surface area contributed by atoms with Crippen molar-refractivity contribution in [2.24, 2.45) is 5.92 Å². The van der Waals surface area contributed by atoms with Crippen LogP contribution in [-0.2, 0) is 6.54 Å². The van der Waals surface area contributed by atoms with E-state index < -0.39 is 0 Å². The zero-order valence-electron chi connectivity index (χ0n) is 15.0. The highest BCUT2D eigenvalue weighted by molar-refractivity contribution is 5.94. The van der Waals surface area contributed by atoms with Gasteiger partial charge < -0.3 is 9.64 Å². The van der Waals surface area contributed by atoms with Crippen LogP contribution in [0, 0.1) is 5.92 Å². The number of rotatable bonds is 7. The molecule has 3 heterocycles. The highest BCUT2D eigenvalue weighted by Crippen LogP contribution is 2.32. The summed E-state index contributed by atoms with van der Waals surface area (Å²) >= 11 is 0. The molecule has 1 saturated carbocycles. The number of carbonyl (C=O) groups is 1. The Hall–Kier alpha value is -2.47. The van der Waals surface area contributed by atoms with Crippen LogP contribution in [0.1, 0.15) is 28.8 Å². The van der Waals surface area contributed by atoms with Crippen molar-refractivity contribution in [3.05, 3.63) is 54.0 Å². The standard InChI is InChI=1S/C20H24N4O2/c1-26-19-5-4-17(10-22-19)20(25)24-13-18(14-24)23(11-15-2-3-15)12-16-6-8-21-9-7-16/h4-10,15,18H,2-3,11-14H2,1H3. The molecule has 136 valence electrons. The SMILES string of the molecule is COc1ccc(C(=O)N2CC(N(Cc3ccncc3)CC3CC3)C2)cn1. The second kappa shape index (κ2) is 7.41. The van der Waals surface area contributed by atoms with Gasteiger partial charge in [-0.2, -0.15) is 0 Å². The third-order valence-electron chi connectivity index (χ3n) is 5.18. The molecule has 1 saturated heterocycles. The van der Waals surface area contributed by atoms with E-state index in [1.54, 1.807) is 25.4 Å². The summed E-state index contributed by atoms with van der Waals surface area (Å²) in [6.07, 6.45) is 7.95. The number of aromatic nitrogens is 2. The summed E-state index contributed by atoms with van der Waals surface area (Å²) in [6.45, 7) is 3.61. The first-order valence-corrected chi connectivity index (χ1v) is 9.15. The average molecular weight is 352 g/mol. The predicted molar refractivity (Wildman–Crippen MR) is 97.9 cm³/mol. The second-order valence-electron chi connectivity index (χ2n) is 7.18. The van der Waals surface area contributed by atoms with Crippen molar-refractivity contribution in [2.75, 3.05) is 26.7 Å². The van der Waals surface area contributed by atoms with Crippen molar-refractivity contribution in [3.63, 3.8) is 0 Å². The lowest BCUT2D eigenvalue weighted by atomic mass is 10.0. The summed E-state index contributed by atoms with van der Waals surface area (Å²) in [5.41, 5.74) is 1.90. The molecular weight excluding hydrogens is 328 g/mol. The van der Waals surface area contributed by atoms with E-state index >= 15 is 0 Å². The first-order chi connectivity index (χ1) is 12.7. The van der Waals surface area contributed by atoms with Crippen molar-refractivity contribution in [1.29, 1.82) is 0 Å². The highest BCUT2D eigenvalue weighted by atomic mass is 16.5. The van der Waals surface area contributed by atoms with E-state index in [0.717, 1.165) is 32.1 Å². The van der Waals surface area contributed by atoms with Crippen LogP contribution in [0.15, 0.2) is 42.9 Å². The van der Waals surface area contributed by atoms with E-state index in [4.69, 9.17) is 4.74 Å². The minimum absolute atomic E-state index is 0.0479. The molecule has 0 unspecified atom stereocenters. The molecule has 1 amide bonds. The van der Waals surface area contributed by atoms with Crippen LogP contribution in [0.25, 0.3) is 0 Å². The third-order valence-corrected chi connectivity index (χ3v) is 5.18. The van der Waals surface area contributed by atoms with Gasteiger partial charge in [0.05, 0.1) is 12.7 Å². The van der Waals surface area contributed by atoms with E-state index in [0.29, 0.717) is 17.5 Å². The topological polar surface area (TPSA) is 58.6 Å². The fraction of sp³-hybridized carbons (Fsp3) is 0.450. The maximum Gasteiger partial charge on any atom is 0.255 e. The van der Waals surface area contributed by atoms with Crippen molar-refractivity contribution >= 4 is 5.91 Å². The molecule has 2 aromatic rings. The monoisotopic (exact) mass is 352 g/mol. The van der Waals surface area contributed by atoms with Crippen molar-refractivity contribution < 1.29 is 9.53 Å². The average Bonchev–Trinajstić information content (AvgIpc) is 3.45. The molecule has 0 aromatic carbocycles. The number of methoxy groups -OCH3 is 1. The van der Waals surface area contributed by atoms with Gasteiger partial charge in [0.25, 0.3) is 5.91 Å². The number of hydrogen-bond donors (Lipinski definition) is 0. The summed E-state index contributed by atoms with van der Waals surface area (Å²) in [4.78, 5) is 25.3. The van der Waals surface area contributed by atoms with Gasteiger partial charge in [0.2, 0.25) is 5.88 Å². The Morgan fingerprint density at radius 2 is 2.00 bits per heavy atom. The smallest absolute Gasteiger partial charge is 0.255 e.